The number of hydrogen-bond acceptors (Lipinski definition) is 6. The van der Waals surface area contributed by atoms with E-state index >= 15 is 0 Å². The molecule has 0 amide bonds. The Bertz CT molecular complexity index is 631. The molecule has 0 radical (unpaired) electrons. The average molecular weight is 303 g/mol. The van der Waals surface area contributed by atoms with Gasteiger partial charge in [-0.1, -0.05) is 29.2 Å². The van der Waals surface area contributed by atoms with Crippen molar-refractivity contribution in [1.29, 1.82) is 5.26 Å². The standard InChI is InChI=1S/C14H13N3OS2/c15-9-10-2-1-3-12(8-10)18-6-7-19-14-17-16-13(20-14)11-4-5-11/h1-3,8,11H,4-7H2. The van der Waals surface area contributed by atoms with E-state index in [9.17, 15) is 0 Å². The quantitative estimate of drug-likeness (QED) is 0.604. The molecule has 0 N–H and O–H groups in total. The number of hydrogen-bond donors (Lipinski definition) is 0. The summed E-state index contributed by atoms with van der Waals surface area (Å²) in [7, 11) is 0. The molecule has 4 nitrogen and oxygen atoms in total. The monoisotopic (exact) mass is 303 g/mol. The summed E-state index contributed by atoms with van der Waals surface area (Å²) in [5, 5.41) is 18.4. The van der Waals surface area contributed by atoms with Crippen LogP contribution in [0, 0.1) is 11.3 Å². The molecule has 0 atom stereocenters. The Morgan fingerprint density at radius 1 is 1.40 bits per heavy atom. The number of thioether (sulfide) groups is 1. The lowest BCUT2D eigenvalue weighted by molar-refractivity contribution is 0.344. The number of ether oxygens (including phenoxy) is 1. The van der Waals surface area contributed by atoms with E-state index in [1.54, 1.807) is 35.2 Å². The highest BCUT2D eigenvalue weighted by atomic mass is 32.2. The second-order valence-corrected chi connectivity index (χ2v) is 6.87. The van der Waals surface area contributed by atoms with Gasteiger partial charge in [-0.3, -0.25) is 0 Å². The number of benzene rings is 1. The van der Waals surface area contributed by atoms with Crippen LogP contribution < -0.4 is 4.74 Å². The first-order chi connectivity index (χ1) is 9.85. The summed E-state index contributed by atoms with van der Waals surface area (Å²) < 4.78 is 6.64. The summed E-state index contributed by atoms with van der Waals surface area (Å²) in [5.41, 5.74) is 0.619. The number of nitriles is 1. The van der Waals surface area contributed by atoms with E-state index < -0.39 is 0 Å². The molecule has 1 heterocycles. The van der Waals surface area contributed by atoms with Crippen LogP contribution in [0.25, 0.3) is 0 Å². The normalized spacial score (nSPS) is 13.9. The van der Waals surface area contributed by atoms with Crippen LogP contribution in [-0.2, 0) is 0 Å². The topological polar surface area (TPSA) is 58.8 Å². The van der Waals surface area contributed by atoms with Gasteiger partial charge in [0.1, 0.15) is 10.8 Å². The Kier molecular flexibility index (Phi) is 4.19. The summed E-state index contributed by atoms with van der Waals surface area (Å²) in [5.74, 6) is 2.24. The molecule has 2 aromatic rings. The zero-order valence-electron chi connectivity index (χ0n) is 10.8. The van der Waals surface area contributed by atoms with Gasteiger partial charge in [0.25, 0.3) is 0 Å². The highest BCUT2D eigenvalue weighted by Gasteiger charge is 2.27. The minimum absolute atomic E-state index is 0.595. The van der Waals surface area contributed by atoms with Crippen molar-refractivity contribution in [3.05, 3.63) is 34.8 Å². The van der Waals surface area contributed by atoms with Gasteiger partial charge < -0.3 is 4.74 Å². The highest BCUT2D eigenvalue weighted by Crippen LogP contribution is 2.42. The Hall–Kier alpha value is -1.58. The Balaban J connectivity index is 1.44. The lowest BCUT2D eigenvalue weighted by Crippen LogP contribution is -2.00. The van der Waals surface area contributed by atoms with E-state index in [-0.39, 0.29) is 0 Å². The molecule has 0 unspecified atom stereocenters. The van der Waals surface area contributed by atoms with E-state index in [4.69, 9.17) is 10.00 Å². The van der Waals surface area contributed by atoms with Gasteiger partial charge in [0.2, 0.25) is 0 Å². The second kappa shape index (κ2) is 6.25. The first-order valence-corrected chi connectivity index (χ1v) is 8.24. The van der Waals surface area contributed by atoms with Crippen molar-refractivity contribution in [2.45, 2.75) is 23.1 Å². The van der Waals surface area contributed by atoms with Crippen molar-refractivity contribution in [3.8, 4) is 11.8 Å². The maximum atomic E-state index is 8.81. The number of nitrogens with zero attached hydrogens (tertiary/aromatic N) is 3. The fraction of sp³-hybridized carbons (Fsp3) is 0.357. The number of rotatable bonds is 6. The van der Waals surface area contributed by atoms with Crippen molar-refractivity contribution in [2.75, 3.05) is 12.4 Å². The van der Waals surface area contributed by atoms with Crippen LogP contribution in [0.3, 0.4) is 0 Å². The Labute approximate surface area is 125 Å². The third kappa shape index (κ3) is 3.50. The van der Waals surface area contributed by atoms with E-state index in [1.807, 2.05) is 12.1 Å². The summed E-state index contributed by atoms with van der Waals surface area (Å²) in [6.45, 7) is 0.595. The molecule has 1 aliphatic rings. The van der Waals surface area contributed by atoms with E-state index in [0.717, 1.165) is 15.8 Å². The zero-order chi connectivity index (χ0) is 13.8. The van der Waals surface area contributed by atoms with Gasteiger partial charge in [0, 0.05) is 11.7 Å². The molecule has 102 valence electrons. The lowest BCUT2D eigenvalue weighted by atomic mass is 10.2. The first-order valence-electron chi connectivity index (χ1n) is 6.44. The van der Waals surface area contributed by atoms with Gasteiger partial charge in [-0.05, 0) is 31.0 Å². The SMILES string of the molecule is N#Cc1cccc(OCCSc2nnc(C3CC3)s2)c1. The summed E-state index contributed by atoms with van der Waals surface area (Å²) in [6, 6.07) is 9.31. The van der Waals surface area contributed by atoms with Crippen molar-refractivity contribution >= 4 is 23.1 Å². The first kappa shape index (κ1) is 13.4. The molecular formula is C14H13N3OS2. The molecule has 6 heteroatoms. The van der Waals surface area contributed by atoms with Crippen molar-refractivity contribution in [2.24, 2.45) is 0 Å². The van der Waals surface area contributed by atoms with Gasteiger partial charge >= 0.3 is 0 Å². The van der Waals surface area contributed by atoms with Gasteiger partial charge in [0.05, 0.1) is 18.2 Å². The maximum Gasteiger partial charge on any atom is 0.174 e. The van der Waals surface area contributed by atoms with Gasteiger partial charge in [-0.15, -0.1) is 10.2 Å². The molecule has 3 rings (SSSR count). The summed E-state index contributed by atoms with van der Waals surface area (Å²) in [6.07, 6.45) is 2.52. The average Bonchev–Trinajstić information content (AvgIpc) is 3.23. The van der Waals surface area contributed by atoms with Crippen LogP contribution in [0.1, 0.15) is 29.3 Å². The number of aromatic nitrogens is 2. The third-order valence-corrected chi connectivity index (χ3v) is 5.07. The van der Waals surface area contributed by atoms with E-state index in [2.05, 4.69) is 16.3 Å². The van der Waals surface area contributed by atoms with E-state index in [0.29, 0.717) is 18.1 Å². The highest BCUT2D eigenvalue weighted by molar-refractivity contribution is 8.01. The van der Waals surface area contributed by atoms with Crippen LogP contribution in [0.5, 0.6) is 5.75 Å². The lowest BCUT2D eigenvalue weighted by Gasteiger charge is -2.04. The summed E-state index contributed by atoms with van der Waals surface area (Å²) in [4.78, 5) is 0. The minimum Gasteiger partial charge on any atom is -0.493 e. The maximum absolute atomic E-state index is 8.81. The van der Waals surface area contributed by atoms with Gasteiger partial charge in [-0.25, -0.2) is 0 Å². The van der Waals surface area contributed by atoms with Crippen molar-refractivity contribution < 1.29 is 4.74 Å². The minimum atomic E-state index is 0.595. The molecule has 1 aromatic carbocycles. The molecular weight excluding hydrogens is 290 g/mol. The van der Waals surface area contributed by atoms with Crippen LogP contribution >= 0.6 is 23.1 Å². The van der Waals surface area contributed by atoms with Crippen LogP contribution in [0.15, 0.2) is 28.6 Å². The van der Waals surface area contributed by atoms with E-state index in [1.165, 1.54) is 17.8 Å². The van der Waals surface area contributed by atoms with Crippen LogP contribution in [-0.4, -0.2) is 22.6 Å². The molecule has 1 saturated carbocycles. The Morgan fingerprint density at radius 3 is 3.10 bits per heavy atom. The van der Waals surface area contributed by atoms with Crippen LogP contribution in [0.2, 0.25) is 0 Å². The zero-order valence-corrected chi connectivity index (χ0v) is 12.4. The molecule has 1 fully saturated rings. The molecule has 1 aliphatic carbocycles. The second-order valence-electron chi connectivity index (χ2n) is 4.52. The van der Waals surface area contributed by atoms with Crippen LogP contribution in [0.4, 0.5) is 0 Å². The molecule has 0 bridgehead atoms. The molecule has 0 saturated heterocycles. The van der Waals surface area contributed by atoms with Crippen molar-refractivity contribution in [3.63, 3.8) is 0 Å². The van der Waals surface area contributed by atoms with Gasteiger partial charge in [0.15, 0.2) is 4.34 Å². The molecule has 20 heavy (non-hydrogen) atoms. The third-order valence-electron chi connectivity index (χ3n) is 2.89. The molecule has 1 aromatic heterocycles. The van der Waals surface area contributed by atoms with Crippen molar-refractivity contribution in [1.82, 2.24) is 10.2 Å². The largest absolute Gasteiger partial charge is 0.493 e. The summed E-state index contributed by atoms with van der Waals surface area (Å²) >= 11 is 3.37. The predicted octanol–water partition coefficient (Wildman–Crippen LogP) is 3.46. The molecule has 0 aliphatic heterocycles. The fourth-order valence-electron chi connectivity index (χ4n) is 1.72. The van der Waals surface area contributed by atoms with Gasteiger partial charge in [-0.2, -0.15) is 5.26 Å². The smallest absolute Gasteiger partial charge is 0.174 e. The predicted molar refractivity (Wildman–Crippen MR) is 79.3 cm³/mol. The molecule has 0 spiro atoms. The fourth-order valence-corrected chi connectivity index (χ4v) is 3.64. The Morgan fingerprint density at radius 2 is 2.30 bits per heavy atom.